The van der Waals surface area contributed by atoms with E-state index in [0.29, 0.717) is 0 Å². The van der Waals surface area contributed by atoms with Crippen LogP contribution in [-0.2, 0) is 0 Å². The van der Waals surface area contributed by atoms with Gasteiger partial charge in [-0.2, -0.15) is 0 Å². The Balaban J connectivity index is 2.98. The summed E-state index contributed by atoms with van der Waals surface area (Å²) in [5.41, 5.74) is 8.05. The lowest BCUT2D eigenvalue weighted by atomic mass is 10.4. The van der Waals surface area contributed by atoms with E-state index in [0.717, 1.165) is 6.07 Å². The highest BCUT2D eigenvalue weighted by atomic mass is 16.6. The second-order valence-corrected chi connectivity index (χ2v) is 2.03. The number of hydrogen-bond donors (Lipinski definition) is 0. The average Bonchev–Trinajstić information content (AvgIpc) is 2.52. The van der Waals surface area contributed by atoms with Gasteiger partial charge in [0.2, 0.25) is 0 Å². The van der Waals surface area contributed by atoms with E-state index in [1.165, 1.54) is 6.07 Å². The van der Waals surface area contributed by atoms with E-state index in [1.54, 1.807) is 0 Å². The smallest absolute Gasteiger partial charge is 0.401 e. The quantitative estimate of drug-likeness (QED) is 0.234. The molecule has 0 fully saturated rings. The van der Waals surface area contributed by atoms with Gasteiger partial charge in [-0.05, 0) is 11.6 Å². The van der Waals surface area contributed by atoms with Gasteiger partial charge in [-0.25, -0.2) is 0 Å². The molecular weight excluding hydrogens is 176 g/mol. The summed E-state index contributed by atoms with van der Waals surface area (Å²) in [4.78, 5) is 11.9. The maximum atomic E-state index is 10.2. The molecule has 1 aromatic rings. The standard InChI is InChI=1S/C6H4N4O3/c1-4(8-9-7)5-2-3-6(13-5)10(11)12/h2-3H,1H2. The van der Waals surface area contributed by atoms with Crippen LogP contribution < -0.4 is 0 Å². The van der Waals surface area contributed by atoms with Gasteiger partial charge in [0.05, 0.1) is 11.8 Å². The predicted octanol–water partition coefficient (Wildman–Crippen LogP) is 2.47. The molecule has 0 saturated carbocycles. The Morgan fingerprint density at radius 1 is 1.77 bits per heavy atom. The number of nitrogens with zero attached hydrogens (tertiary/aromatic N) is 4. The zero-order chi connectivity index (χ0) is 9.84. The van der Waals surface area contributed by atoms with Crippen LogP contribution in [0.5, 0.6) is 0 Å². The first-order valence-electron chi connectivity index (χ1n) is 3.13. The molecule has 0 bridgehead atoms. The molecule has 0 aliphatic heterocycles. The Hall–Kier alpha value is -2.27. The number of furan rings is 1. The van der Waals surface area contributed by atoms with Crippen LogP contribution >= 0.6 is 0 Å². The van der Waals surface area contributed by atoms with Crippen molar-refractivity contribution in [3.8, 4) is 0 Å². The highest BCUT2D eigenvalue weighted by Crippen LogP contribution is 2.21. The second-order valence-electron chi connectivity index (χ2n) is 2.03. The highest BCUT2D eigenvalue weighted by molar-refractivity contribution is 5.58. The molecule has 0 aliphatic rings. The van der Waals surface area contributed by atoms with Crippen LogP contribution in [0.3, 0.4) is 0 Å². The molecule has 0 aliphatic carbocycles. The minimum Gasteiger partial charge on any atom is -0.401 e. The van der Waals surface area contributed by atoms with Crippen LogP contribution in [-0.4, -0.2) is 4.92 Å². The number of nitro groups is 1. The van der Waals surface area contributed by atoms with E-state index in [2.05, 4.69) is 16.6 Å². The number of azide groups is 1. The number of rotatable bonds is 3. The largest absolute Gasteiger partial charge is 0.433 e. The lowest BCUT2D eigenvalue weighted by Gasteiger charge is -1.88. The Morgan fingerprint density at radius 2 is 2.46 bits per heavy atom. The minimum absolute atomic E-state index is 0.00981. The molecule has 1 heterocycles. The second kappa shape index (κ2) is 3.42. The van der Waals surface area contributed by atoms with E-state index >= 15 is 0 Å². The van der Waals surface area contributed by atoms with Crippen molar-refractivity contribution in [2.75, 3.05) is 0 Å². The number of hydrogen-bond acceptors (Lipinski definition) is 4. The summed E-state index contributed by atoms with van der Waals surface area (Å²) in [5, 5.41) is 13.3. The van der Waals surface area contributed by atoms with Crippen molar-refractivity contribution in [1.82, 2.24) is 0 Å². The summed E-state index contributed by atoms with van der Waals surface area (Å²) in [5.74, 6) is -0.325. The summed E-state index contributed by atoms with van der Waals surface area (Å²) in [6, 6.07) is 2.47. The molecule has 0 amide bonds. The maximum Gasteiger partial charge on any atom is 0.433 e. The molecule has 0 unspecified atom stereocenters. The van der Waals surface area contributed by atoms with Crippen molar-refractivity contribution in [2.24, 2.45) is 5.11 Å². The van der Waals surface area contributed by atoms with Gasteiger partial charge in [0.15, 0.2) is 0 Å². The fourth-order valence-corrected chi connectivity index (χ4v) is 0.684. The molecule has 0 radical (unpaired) electrons. The van der Waals surface area contributed by atoms with Gasteiger partial charge in [-0.1, -0.05) is 11.7 Å². The first kappa shape index (κ1) is 8.82. The molecule has 7 nitrogen and oxygen atoms in total. The fraction of sp³-hybridized carbons (Fsp3) is 0. The molecule has 1 rings (SSSR count). The first-order valence-corrected chi connectivity index (χ1v) is 3.13. The van der Waals surface area contributed by atoms with Gasteiger partial charge in [-0.15, -0.1) is 0 Å². The first-order chi connectivity index (χ1) is 6.15. The van der Waals surface area contributed by atoms with E-state index in [9.17, 15) is 10.1 Å². The average molecular weight is 180 g/mol. The van der Waals surface area contributed by atoms with Crippen molar-refractivity contribution in [1.29, 1.82) is 0 Å². The van der Waals surface area contributed by atoms with Gasteiger partial charge < -0.3 is 4.42 Å². The Labute approximate surface area is 72.1 Å². The lowest BCUT2D eigenvalue weighted by molar-refractivity contribution is -0.402. The van der Waals surface area contributed by atoms with Crippen molar-refractivity contribution < 1.29 is 9.34 Å². The van der Waals surface area contributed by atoms with Gasteiger partial charge in [0.1, 0.15) is 10.7 Å². The maximum absolute atomic E-state index is 10.2. The van der Waals surface area contributed by atoms with E-state index < -0.39 is 10.8 Å². The molecule has 0 spiro atoms. The van der Waals surface area contributed by atoms with Gasteiger partial charge in [0.25, 0.3) is 0 Å². The van der Waals surface area contributed by atoms with E-state index in [4.69, 9.17) is 9.95 Å². The van der Waals surface area contributed by atoms with Gasteiger partial charge >= 0.3 is 5.88 Å². The summed E-state index contributed by atoms with van der Waals surface area (Å²) in [6.45, 7) is 3.35. The third-order valence-corrected chi connectivity index (χ3v) is 1.22. The molecule has 1 aromatic heterocycles. The molecule has 13 heavy (non-hydrogen) atoms. The van der Waals surface area contributed by atoms with Gasteiger partial charge in [-0.3, -0.25) is 10.1 Å². The Kier molecular flexibility index (Phi) is 2.32. The van der Waals surface area contributed by atoms with Crippen LogP contribution in [0.4, 0.5) is 5.88 Å². The fourth-order valence-electron chi connectivity index (χ4n) is 0.684. The van der Waals surface area contributed by atoms with Crippen LogP contribution in [0.25, 0.3) is 16.1 Å². The molecule has 66 valence electrons. The van der Waals surface area contributed by atoms with Crippen LogP contribution in [0.15, 0.2) is 28.2 Å². The van der Waals surface area contributed by atoms with Crippen molar-refractivity contribution in [3.05, 3.63) is 45.0 Å². The third kappa shape index (κ3) is 1.85. The predicted molar refractivity (Wildman–Crippen MR) is 43.5 cm³/mol. The zero-order valence-electron chi connectivity index (χ0n) is 6.38. The molecule has 0 N–H and O–H groups in total. The summed E-state index contributed by atoms with van der Waals surface area (Å²) in [6.07, 6.45) is 0. The van der Waals surface area contributed by atoms with E-state index in [-0.39, 0.29) is 11.5 Å². The SMILES string of the molecule is C=C(N=[N+]=[N-])c1ccc([N+](=O)[O-])o1. The highest BCUT2D eigenvalue weighted by Gasteiger charge is 2.12. The van der Waals surface area contributed by atoms with Gasteiger partial charge in [0, 0.05) is 4.91 Å². The lowest BCUT2D eigenvalue weighted by Crippen LogP contribution is -1.82. The van der Waals surface area contributed by atoms with Crippen LogP contribution in [0, 0.1) is 10.1 Å². The minimum atomic E-state index is -0.688. The van der Waals surface area contributed by atoms with Crippen molar-refractivity contribution >= 4 is 11.6 Å². The normalized spacial score (nSPS) is 8.92. The van der Waals surface area contributed by atoms with Crippen LogP contribution in [0.1, 0.15) is 5.76 Å². The molecular formula is C6H4N4O3. The Bertz CT molecular complexity index is 402. The van der Waals surface area contributed by atoms with Crippen molar-refractivity contribution in [2.45, 2.75) is 0 Å². The molecule has 7 heteroatoms. The summed E-state index contributed by atoms with van der Waals surface area (Å²) >= 11 is 0. The Morgan fingerprint density at radius 3 is 2.92 bits per heavy atom. The summed E-state index contributed by atoms with van der Waals surface area (Å²) < 4.78 is 4.70. The van der Waals surface area contributed by atoms with E-state index in [1.807, 2.05) is 0 Å². The topological polar surface area (TPSA) is 105 Å². The summed E-state index contributed by atoms with van der Waals surface area (Å²) in [7, 11) is 0. The van der Waals surface area contributed by atoms with Crippen molar-refractivity contribution in [3.63, 3.8) is 0 Å². The monoisotopic (exact) mass is 180 g/mol. The van der Waals surface area contributed by atoms with Crippen LogP contribution in [0.2, 0.25) is 0 Å². The zero-order valence-corrected chi connectivity index (χ0v) is 6.38. The molecule has 0 aromatic carbocycles. The third-order valence-electron chi connectivity index (χ3n) is 1.22. The molecule has 0 atom stereocenters. The molecule has 0 saturated heterocycles.